The maximum absolute atomic E-state index is 5.55. The van der Waals surface area contributed by atoms with E-state index < -0.39 is 0 Å². The molecule has 0 spiro atoms. The van der Waals surface area contributed by atoms with Crippen LogP contribution in [0.25, 0.3) is 22.3 Å². The van der Waals surface area contributed by atoms with Crippen molar-refractivity contribution in [3.05, 3.63) is 77.9 Å². The lowest BCUT2D eigenvalue weighted by atomic mass is 9.94. The van der Waals surface area contributed by atoms with Crippen LogP contribution in [0, 0.1) is 0 Å². The molecule has 0 amide bonds. The summed E-state index contributed by atoms with van der Waals surface area (Å²) >= 11 is 0. The summed E-state index contributed by atoms with van der Waals surface area (Å²) in [7, 11) is 1.73. The van der Waals surface area contributed by atoms with Crippen molar-refractivity contribution in [2.45, 2.75) is 6.42 Å². The number of hydrogen-bond donors (Lipinski definition) is 0. The van der Waals surface area contributed by atoms with Crippen LogP contribution in [-0.2, 0) is 6.42 Å². The Balaban J connectivity index is 2.00. The van der Waals surface area contributed by atoms with Gasteiger partial charge in [0.25, 0.3) is 0 Å². The molecule has 1 aliphatic rings. The molecule has 21 heavy (non-hydrogen) atoms. The van der Waals surface area contributed by atoms with Crippen molar-refractivity contribution in [3.63, 3.8) is 0 Å². The summed E-state index contributed by atoms with van der Waals surface area (Å²) in [6, 6.07) is 23.5. The Bertz CT molecular complexity index is 818. The molecule has 0 radical (unpaired) electrons. The zero-order valence-electron chi connectivity index (χ0n) is 12.0. The minimum Gasteiger partial charge on any atom is -0.496 e. The molecule has 1 nitrogen and oxygen atoms in total. The summed E-state index contributed by atoms with van der Waals surface area (Å²) in [6.45, 7) is 0. The lowest BCUT2D eigenvalue weighted by molar-refractivity contribution is 0.416. The first kappa shape index (κ1) is 12.2. The third kappa shape index (κ3) is 1.85. The summed E-state index contributed by atoms with van der Waals surface area (Å²) in [5.41, 5.74) is 7.95. The summed E-state index contributed by atoms with van der Waals surface area (Å²) < 4.78 is 5.55. The first-order valence-electron chi connectivity index (χ1n) is 7.22. The van der Waals surface area contributed by atoms with Gasteiger partial charge < -0.3 is 4.74 Å². The van der Waals surface area contributed by atoms with Gasteiger partial charge in [0.15, 0.2) is 0 Å². The Morgan fingerprint density at radius 2 is 1.33 bits per heavy atom. The van der Waals surface area contributed by atoms with Crippen LogP contribution in [0.2, 0.25) is 0 Å². The van der Waals surface area contributed by atoms with Gasteiger partial charge >= 0.3 is 0 Å². The number of rotatable bonds is 2. The first-order valence-corrected chi connectivity index (χ1v) is 7.22. The molecule has 1 heteroatoms. The number of para-hydroxylation sites is 1. The highest BCUT2D eigenvalue weighted by atomic mass is 16.5. The summed E-state index contributed by atoms with van der Waals surface area (Å²) in [5.74, 6) is 0.926. The Kier molecular flexibility index (Phi) is 2.78. The molecule has 0 saturated carbocycles. The SMILES string of the molecule is COc1ccccc1-c1cccc2c1-c1ccccc1C2. The highest BCUT2D eigenvalue weighted by Gasteiger charge is 2.22. The third-order valence-corrected chi connectivity index (χ3v) is 4.22. The lowest BCUT2D eigenvalue weighted by Gasteiger charge is -2.13. The average Bonchev–Trinajstić information content (AvgIpc) is 2.93. The minimum absolute atomic E-state index is 0.926. The topological polar surface area (TPSA) is 9.23 Å². The van der Waals surface area contributed by atoms with Gasteiger partial charge in [0.2, 0.25) is 0 Å². The van der Waals surface area contributed by atoms with Crippen LogP contribution in [0.1, 0.15) is 11.1 Å². The van der Waals surface area contributed by atoms with Gasteiger partial charge in [-0.05, 0) is 40.3 Å². The van der Waals surface area contributed by atoms with Crippen LogP contribution in [-0.4, -0.2) is 7.11 Å². The molecule has 3 aromatic carbocycles. The fraction of sp³-hybridized carbons (Fsp3) is 0.100. The van der Waals surface area contributed by atoms with Crippen LogP contribution in [0.5, 0.6) is 5.75 Å². The van der Waals surface area contributed by atoms with Crippen molar-refractivity contribution < 1.29 is 4.74 Å². The van der Waals surface area contributed by atoms with Gasteiger partial charge in [-0.15, -0.1) is 0 Å². The zero-order valence-corrected chi connectivity index (χ0v) is 12.0. The summed E-state index contributed by atoms with van der Waals surface area (Å²) in [4.78, 5) is 0. The molecule has 102 valence electrons. The molecule has 0 atom stereocenters. The van der Waals surface area contributed by atoms with Gasteiger partial charge in [-0.25, -0.2) is 0 Å². The molecule has 0 heterocycles. The van der Waals surface area contributed by atoms with E-state index in [2.05, 4.69) is 54.6 Å². The standard InChI is InChI=1S/C20H16O/c1-21-19-12-5-4-10-17(19)18-11-6-8-15-13-14-7-2-3-9-16(14)20(15)18/h2-12H,13H2,1H3. The van der Waals surface area contributed by atoms with E-state index in [1.165, 1.54) is 27.8 Å². The monoisotopic (exact) mass is 272 g/mol. The molecule has 0 saturated heterocycles. The van der Waals surface area contributed by atoms with Gasteiger partial charge in [0.1, 0.15) is 5.75 Å². The Labute approximate surface area is 124 Å². The van der Waals surface area contributed by atoms with Crippen molar-refractivity contribution in [1.29, 1.82) is 0 Å². The second kappa shape index (κ2) is 4.78. The predicted molar refractivity (Wildman–Crippen MR) is 86.7 cm³/mol. The van der Waals surface area contributed by atoms with Crippen LogP contribution in [0.3, 0.4) is 0 Å². The molecule has 3 aromatic rings. The molecule has 0 aliphatic heterocycles. The van der Waals surface area contributed by atoms with E-state index in [0.717, 1.165) is 17.7 Å². The van der Waals surface area contributed by atoms with E-state index in [-0.39, 0.29) is 0 Å². The molecular formula is C20H16O. The fourth-order valence-electron chi connectivity index (χ4n) is 3.28. The quantitative estimate of drug-likeness (QED) is 0.502. The number of benzene rings is 3. The molecule has 0 fully saturated rings. The molecule has 4 rings (SSSR count). The van der Waals surface area contributed by atoms with Crippen LogP contribution in [0.4, 0.5) is 0 Å². The van der Waals surface area contributed by atoms with Crippen molar-refractivity contribution in [3.8, 4) is 28.0 Å². The number of fused-ring (bicyclic) bond motifs is 3. The largest absolute Gasteiger partial charge is 0.496 e. The molecule has 1 aliphatic carbocycles. The average molecular weight is 272 g/mol. The molecular weight excluding hydrogens is 256 g/mol. The van der Waals surface area contributed by atoms with Crippen molar-refractivity contribution in [2.75, 3.05) is 7.11 Å². The minimum atomic E-state index is 0.926. The van der Waals surface area contributed by atoms with Crippen molar-refractivity contribution >= 4 is 0 Å². The van der Waals surface area contributed by atoms with Gasteiger partial charge in [-0.3, -0.25) is 0 Å². The second-order valence-electron chi connectivity index (χ2n) is 5.37. The van der Waals surface area contributed by atoms with Crippen LogP contribution < -0.4 is 4.74 Å². The Hall–Kier alpha value is -2.54. The van der Waals surface area contributed by atoms with E-state index in [9.17, 15) is 0 Å². The van der Waals surface area contributed by atoms with E-state index in [0.29, 0.717) is 0 Å². The molecule has 0 N–H and O–H groups in total. The first-order chi connectivity index (χ1) is 10.4. The number of hydrogen-bond acceptors (Lipinski definition) is 1. The van der Waals surface area contributed by atoms with Gasteiger partial charge in [0.05, 0.1) is 7.11 Å². The molecule has 0 unspecified atom stereocenters. The lowest BCUT2D eigenvalue weighted by Crippen LogP contribution is -1.90. The Morgan fingerprint density at radius 3 is 2.19 bits per heavy atom. The van der Waals surface area contributed by atoms with Gasteiger partial charge in [-0.1, -0.05) is 60.7 Å². The van der Waals surface area contributed by atoms with Crippen molar-refractivity contribution in [2.24, 2.45) is 0 Å². The van der Waals surface area contributed by atoms with Gasteiger partial charge in [0, 0.05) is 5.56 Å². The predicted octanol–water partition coefficient (Wildman–Crippen LogP) is 4.93. The summed E-state index contributed by atoms with van der Waals surface area (Å²) in [6.07, 6.45) is 1.02. The second-order valence-corrected chi connectivity index (χ2v) is 5.37. The van der Waals surface area contributed by atoms with E-state index in [1.54, 1.807) is 7.11 Å². The number of methoxy groups -OCH3 is 1. The third-order valence-electron chi connectivity index (χ3n) is 4.22. The zero-order chi connectivity index (χ0) is 14.2. The fourth-order valence-corrected chi connectivity index (χ4v) is 3.28. The maximum atomic E-state index is 5.55. The Morgan fingerprint density at radius 1 is 0.667 bits per heavy atom. The van der Waals surface area contributed by atoms with E-state index in [4.69, 9.17) is 4.74 Å². The molecule has 0 bridgehead atoms. The van der Waals surface area contributed by atoms with E-state index in [1.807, 2.05) is 12.1 Å². The van der Waals surface area contributed by atoms with E-state index >= 15 is 0 Å². The normalized spacial score (nSPS) is 11.9. The smallest absolute Gasteiger partial charge is 0.126 e. The summed E-state index contributed by atoms with van der Waals surface area (Å²) in [5, 5.41) is 0. The maximum Gasteiger partial charge on any atom is 0.126 e. The highest BCUT2D eigenvalue weighted by molar-refractivity contribution is 5.91. The molecule has 0 aromatic heterocycles. The van der Waals surface area contributed by atoms with Gasteiger partial charge in [-0.2, -0.15) is 0 Å². The van der Waals surface area contributed by atoms with Crippen LogP contribution in [0.15, 0.2) is 66.7 Å². The number of ether oxygens (including phenoxy) is 1. The highest BCUT2D eigenvalue weighted by Crippen LogP contribution is 2.44. The van der Waals surface area contributed by atoms with Crippen LogP contribution >= 0.6 is 0 Å². The van der Waals surface area contributed by atoms with Crippen molar-refractivity contribution in [1.82, 2.24) is 0 Å².